The summed E-state index contributed by atoms with van der Waals surface area (Å²) >= 11 is 0. The van der Waals surface area contributed by atoms with Crippen molar-refractivity contribution < 1.29 is 0 Å². The second-order valence-electron chi connectivity index (χ2n) is 41.4. The maximum absolute atomic E-state index is 2.53. The molecule has 0 fully saturated rings. The molecule has 27 rings (SSSR count). The number of benzene rings is 21. The molecule has 24 aromatic rings. The average Bonchev–Trinajstić information content (AvgIpc) is 1.56. The van der Waals surface area contributed by atoms with Crippen LogP contribution in [0.1, 0.15) is 131 Å². The number of aromatic nitrogens is 3. The van der Waals surface area contributed by atoms with Crippen molar-refractivity contribution in [3.8, 4) is 83.8 Å². The molecule has 6 heterocycles. The van der Waals surface area contributed by atoms with E-state index < -0.39 is 0 Å². The van der Waals surface area contributed by atoms with E-state index in [1.54, 1.807) is 0 Å². The molecular weight excluding hydrogens is 1640 g/mol. The average molecular weight is 1750 g/mol. The largest absolute Gasteiger partial charge is 0.309 e. The molecule has 0 N–H and O–H groups in total. The minimum atomic E-state index is -0.170. The first-order chi connectivity index (χ1) is 65.8. The summed E-state index contributed by atoms with van der Waals surface area (Å²) in [7, 11) is 0. The maximum atomic E-state index is 2.53. The summed E-state index contributed by atoms with van der Waals surface area (Å²) in [6.07, 6.45) is 0. The molecule has 21 aromatic carbocycles. The lowest BCUT2D eigenvalue weighted by Gasteiger charge is -2.35. The molecule has 0 radical (unpaired) electrons. The van der Waals surface area contributed by atoms with Crippen molar-refractivity contribution in [2.75, 3.05) is 0 Å². The summed E-state index contributed by atoms with van der Waals surface area (Å²) < 4.78 is 7.57. The number of aryl methyl sites for hydroxylation is 10. The quantitative estimate of drug-likeness (QED) is 0.147. The number of fused-ring (bicyclic) bond motifs is 21. The Morgan fingerprint density at radius 1 is 0.147 bits per heavy atom. The first-order valence-electron chi connectivity index (χ1n) is 48.5. The number of rotatable bonds is 6. The van der Waals surface area contributed by atoms with Crippen LogP contribution in [0.2, 0.25) is 0 Å². The van der Waals surface area contributed by atoms with Crippen molar-refractivity contribution in [2.45, 2.75) is 127 Å². The predicted octanol–water partition coefficient (Wildman–Crippen LogP) is 36.3. The lowest BCUT2D eigenvalue weighted by atomic mass is 9.73. The van der Waals surface area contributed by atoms with Crippen LogP contribution in [0.15, 0.2) is 358 Å². The fourth-order valence-electron chi connectivity index (χ4n) is 24.7. The Balaban J connectivity index is 0.000000109. The highest BCUT2D eigenvalue weighted by molar-refractivity contribution is 6.26. The second-order valence-corrected chi connectivity index (χ2v) is 41.4. The third-order valence-corrected chi connectivity index (χ3v) is 31.1. The molecule has 654 valence electrons. The standard InChI is InChI=1S/2C45H37N.C43H33N/c2*1-26-13-17-33-35(21-26)42(30-10-8-7-9-11-30)32-16-12-27(2)22-36(32)43(33)31-15-19-41-38(25-31)45(5,6)39-24-29(4)23-37-34-20-28(3)14-18-40(34)46(41)44(37)39;1-26-18-21-32-34(23-26)40(28-11-6-5-7-12-28)31-20-17-27(2)24-35(31)41(32)29-19-22-39-37(25-29)43(3,4)36-15-10-14-33-30-13-8-9-16-38(30)44(39)42(33)36/h2*7-25H,1-6H3;5-25H,1-4H3. The van der Waals surface area contributed by atoms with Crippen LogP contribution in [0.4, 0.5) is 0 Å². The molecule has 0 aliphatic carbocycles. The molecule has 0 atom stereocenters. The van der Waals surface area contributed by atoms with Crippen LogP contribution in [0.25, 0.3) is 214 Å². The zero-order chi connectivity index (χ0) is 92.7. The lowest BCUT2D eigenvalue weighted by molar-refractivity contribution is 0.630. The van der Waals surface area contributed by atoms with Gasteiger partial charge in [-0.1, -0.05) is 376 Å². The second kappa shape index (κ2) is 30.3. The van der Waals surface area contributed by atoms with Crippen LogP contribution >= 0.6 is 0 Å². The summed E-state index contributed by atoms with van der Waals surface area (Å²) in [5.41, 5.74) is 47.9. The van der Waals surface area contributed by atoms with Gasteiger partial charge in [-0.05, 0) is 313 Å². The molecule has 3 nitrogen and oxygen atoms in total. The Hall–Kier alpha value is -15.4. The third kappa shape index (κ3) is 12.3. The Labute approximate surface area is 795 Å². The molecule has 3 heteroatoms. The first-order valence-corrected chi connectivity index (χ1v) is 48.5. The maximum Gasteiger partial charge on any atom is 0.0582 e. The van der Waals surface area contributed by atoms with Gasteiger partial charge < -0.3 is 13.7 Å². The van der Waals surface area contributed by atoms with E-state index in [1.165, 1.54) is 303 Å². The van der Waals surface area contributed by atoms with Crippen molar-refractivity contribution in [2.24, 2.45) is 0 Å². The van der Waals surface area contributed by atoms with Gasteiger partial charge in [-0.2, -0.15) is 0 Å². The lowest BCUT2D eigenvalue weighted by Crippen LogP contribution is -2.26. The zero-order valence-corrected chi connectivity index (χ0v) is 80.4. The van der Waals surface area contributed by atoms with Gasteiger partial charge in [-0.15, -0.1) is 0 Å². The third-order valence-electron chi connectivity index (χ3n) is 31.1. The van der Waals surface area contributed by atoms with E-state index in [1.807, 2.05) is 0 Å². The molecule has 136 heavy (non-hydrogen) atoms. The smallest absolute Gasteiger partial charge is 0.0582 e. The van der Waals surface area contributed by atoms with Gasteiger partial charge in [0, 0.05) is 48.6 Å². The summed E-state index contributed by atoms with van der Waals surface area (Å²) in [4.78, 5) is 0. The number of hydrogen-bond acceptors (Lipinski definition) is 0. The molecular formula is C133H107N3. The minimum absolute atomic E-state index is 0.155. The summed E-state index contributed by atoms with van der Waals surface area (Å²) in [5.74, 6) is 0. The molecule has 3 aliphatic heterocycles. The van der Waals surface area contributed by atoms with Crippen LogP contribution < -0.4 is 0 Å². The monoisotopic (exact) mass is 1750 g/mol. The van der Waals surface area contributed by atoms with Gasteiger partial charge in [0.1, 0.15) is 0 Å². The Morgan fingerprint density at radius 3 is 0.721 bits per heavy atom. The van der Waals surface area contributed by atoms with E-state index in [9.17, 15) is 0 Å². The Morgan fingerprint density at radius 2 is 0.397 bits per heavy atom. The fourth-order valence-corrected chi connectivity index (χ4v) is 24.7. The number of hydrogen-bond donors (Lipinski definition) is 0. The Kier molecular flexibility index (Phi) is 18.4. The van der Waals surface area contributed by atoms with Crippen LogP contribution in [0.3, 0.4) is 0 Å². The van der Waals surface area contributed by atoms with Crippen LogP contribution in [0.5, 0.6) is 0 Å². The highest BCUT2D eigenvalue weighted by atomic mass is 15.0. The fraction of sp³-hybridized carbons (Fsp3) is 0.143. The van der Waals surface area contributed by atoms with Gasteiger partial charge in [0.25, 0.3) is 0 Å². The zero-order valence-electron chi connectivity index (χ0n) is 80.4. The molecule has 0 amide bonds. The molecule has 0 spiro atoms. The molecule has 3 aliphatic rings. The number of para-hydroxylation sites is 2. The van der Waals surface area contributed by atoms with Gasteiger partial charge in [0.2, 0.25) is 0 Å². The van der Waals surface area contributed by atoms with Crippen molar-refractivity contribution in [1.29, 1.82) is 0 Å². The summed E-state index contributed by atoms with van der Waals surface area (Å²) in [5, 5.41) is 23.7. The molecule has 0 unspecified atom stereocenters. The van der Waals surface area contributed by atoms with Crippen molar-refractivity contribution in [3.05, 3.63) is 447 Å². The van der Waals surface area contributed by atoms with Crippen molar-refractivity contribution in [3.63, 3.8) is 0 Å². The van der Waals surface area contributed by atoms with Gasteiger partial charge in [0.15, 0.2) is 0 Å². The highest BCUT2D eigenvalue weighted by Gasteiger charge is 2.41. The van der Waals surface area contributed by atoms with Crippen molar-refractivity contribution in [1.82, 2.24) is 13.7 Å². The van der Waals surface area contributed by atoms with Crippen LogP contribution in [-0.2, 0) is 16.2 Å². The van der Waals surface area contributed by atoms with Gasteiger partial charge in [-0.25, -0.2) is 0 Å². The van der Waals surface area contributed by atoms with Crippen LogP contribution in [0, 0.1) is 69.2 Å². The minimum Gasteiger partial charge on any atom is -0.309 e. The Bertz CT molecular complexity index is 8970. The summed E-state index contributed by atoms with van der Waals surface area (Å²) in [6, 6.07) is 136. The van der Waals surface area contributed by atoms with Gasteiger partial charge in [-0.3, -0.25) is 0 Å². The van der Waals surface area contributed by atoms with E-state index in [2.05, 4.69) is 482 Å². The first kappa shape index (κ1) is 82.5. The van der Waals surface area contributed by atoms with Gasteiger partial charge >= 0.3 is 0 Å². The van der Waals surface area contributed by atoms with E-state index in [0.29, 0.717) is 0 Å². The van der Waals surface area contributed by atoms with Gasteiger partial charge in [0.05, 0.1) is 50.2 Å². The molecule has 3 aromatic heterocycles. The van der Waals surface area contributed by atoms with E-state index in [4.69, 9.17) is 0 Å². The van der Waals surface area contributed by atoms with Crippen molar-refractivity contribution >= 4 is 130 Å². The van der Waals surface area contributed by atoms with Crippen LogP contribution in [-0.4, -0.2) is 13.7 Å². The predicted molar refractivity (Wildman–Crippen MR) is 584 cm³/mol. The normalized spacial score (nSPS) is 13.6. The summed E-state index contributed by atoms with van der Waals surface area (Å²) in [6.45, 7) is 36.6. The molecule has 0 saturated heterocycles. The van der Waals surface area contributed by atoms with E-state index in [-0.39, 0.29) is 16.2 Å². The molecule has 0 saturated carbocycles. The highest BCUT2D eigenvalue weighted by Crippen LogP contribution is 2.57. The SMILES string of the molecule is Cc1ccc2c(-c3ccc4c(c3)C(C)(C)c3cc(C)cc5c6cc(C)ccc6n-4c35)c3cc(C)ccc3c(-c3ccccc3)c2c1.Cc1ccc2c(-c3ccc4c(c3)C(C)(C)c3cc(C)cc5c6cc(C)ccc6n-4c35)c3cc(C)ccc3c(-c3ccccc3)c2c1.Cc1ccc2c(-c3ccc4c(c3)C(C)(C)c3cccc5c6ccccc6n-4c35)c3cc(C)ccc3c(-c3ccccc3)c2c1. The topological polar surface area (TPSA) is 14.8 Å². The molecule has 0 bridgehead atoms. The number of nitrogens with zero attached hydrogens (tertiary/aromatic N) is 3. The van der Waals surface area contributed by atoms with E-state index >= 15 is 0 Å². The van der Waals surface area contributed by atoms with E-state index in [0.717, 1.165) is 0 Å².